The number of nitrogens with two attached hydrogens (primary N) is 1. The number of nitro groups is 1. The van der Waals surface area contributed by atoms with Crippen molar-refractivity contribution < 1.29 is 33.1 Å². The standard InChI is InChI=1S/C27H38N2O8SSi/c1-16-20(34-5)14-21(37-39(7,8)27(2,3)4)24(22(38)13-19(28)25(30)35-6)23(16)26(31)36-15-17-9-11-18(12-10-17)29(32)33/h9-12,14,19,22,38H,13,15,28H2,1-8H3. The van der Waals surface area contributed by atoms with Crippen LogP contribution in [0.5, 0.6) is 11.5 Å². The molecule has 0 saturated heterocycles. The molecular formula is C27H38N2O8SSi. The van der Waals surface area contributed by atoms with Gasteiger partial charge in [-0.3, -0.25) is 14.9 Å². The van der Waals surface area contributed by atoms with E-state index in [1.54, 1.807) is 13.0 Å². The molecule has 0 spiro atoms. The lowest BCUT2D eigenvalue weighted by Crippen LogP contribution is -2.44. The smallest absolute Gasteiger partial charge is 0.339 e. The van der Waals surface area contributed by atoms with Crippen LogP contribution >= 0.6 is 12.6 Å². The second-order valence-corrected chi connectivity index (χ2v) is 16.1. The van der Waals surface area contributed by atoms with Crippen molar-refractivity contribution in [1.29, 1.82) is 0 Å². The molecule has 2 rings (SSSR count). The van der Waals surface area contributed by atoms with Crippen LogP contribution in [-0.2, 0) is 20.9 Å². The molecule has 39 heavy (non-hydrogen) atoms. The number of hydrogen-bond donors (Lipinski definition) is 2. The lowest BCUT2D eigenvalue weighted by Gasteiger charge is -2.38. The first-order chi connectivity index (χ1) is 18.0. The predicted molar refractivity (Wildman–Crippen MR) is 154 cm³/mol. The van der Waals surface area contributed by atoms with Gasteiger partial charge in [0.15, 0.2) is 0 Å². The zero-order valence-corrected chi connectivity index (χ0v) is 25.6. The van der Waals surface area contributed by atoms with Gasteiger partial charge in [0.1, 0.15) is 24.1 Å². The molecule has 0 amide bonds. The normalized spacial score (nSPS) is 13.3. The number of benzene rings is 2. The van der Waals surface area contributed by atoms with Crippen LogP contribution in [0.1, 0.15) is 59.5 Å². The molecule has 0 aliphatic heterocycles. The first kappa shape index (κ1) is 32.1. The van der Waals surface area contributed by atoms with Crippen molar-refractivity contribution in [2.45, 2.75) is 70.1 Å². The third-order valence-corrected chi connectivity index (χ3v) is 11.8. The zero-order valence-electron chi connectivity index (χ0n) is 23.7. The molecule has 2 atom stereocenters. The maximum atomic E-state index is 13.6. The third kappa shape index (κ3) is 7.73. The van der Waals surface area contributed by atoms with E-state index in [2.05, 4.69) is 33.9 Å². The fourth-order valence-corrected chi connectivity index (χ4v) is 5.12. The number of nitro benzene ring substituents is 1. The SMILES string of the molecule is COC(=O)C(N)CC(S)c1c(O[Si](C)(C)C(C)(C)C)cc(OC)c(C)c1C(=O)OCc1ccc([N+](=O)[O-])cc1. The van der Waals surface area contributed by atoms with Gasteiger partial charge in [-0.25, -0.2) is 4.79 Å². The summed E-state index contributed by atoms with van der Waals surface area (Å²) in [6, 6.07) is 6.47. The topological polar surface area (TPSA) is 140 Å². The highest BCUT2D eigenvalue weighted by molar-refractivity contribution is 7.80. The summed E-state index contributed by atoms with van der Waals surface area (Å²) in [6.07, 6.45) is 0.0675. The Morgan fingerprint density at radius 2 is 1.72 bits per heavy atom. The molecular weight excluding hydrogens is 540 g/mol. The summed E-state index contributed by atoms with van der Waals surface area (Å²) in [6.45, 7) is 12.0. The van der Waals surface area contributed by atoms with E-state index in [1.165, 1.54) is 38.5 Å². The van der Waals surface area contributed by atoms with Gasteiger partial charge >= 0.3 is 11.9 Å². The van der Waals surface area contributed by atoms with Crippen molar-refractivity contribution >= 4 is 38.6 Å². The van der Waals surface area contributed by atoms with Crippen LogP contribution in [0.15, 0.2) is 30.3 Å². The molecule has 0 radical (unpaired) electrons. The summed E-state index contributed by atoms with van der Waals surface area (Å²) in [5.74, 6) is -0.435. The van der Waals surface area contributed by atoms with Crippen molar-refractivity contribution in [2.24, 2.45) is 5.73 Å². The Kier molecular flexibility index (Phi) is 10.6. The number of thiol groups is 1. The zero-order chi connectivity index (χ0) is 29.7. The molecule has 0 aliphatic carbocycles. The molecule has 0 heterocycles. The quantitative estimate of drug-likeness (QED) is 0.116. The van der Waals surface area contributed by atoms with Gasteiger partial charge in [0.05, 0.1) is 24.7 Å². The molecule has 2 aromatic carbocycles. The molecule has 0 aliphatic rings. The fourth-order valence-electron chi connectivity index (χ4n) is 3.61. The number of esters is 2. The minimum Gasteiger partial charge on any atom is -0.543 e. The number of hydrogen-bond acceptors (Lipinski definition) is 10. The van der Waals surface area contributed by atoms with Gasteiger partial charge in [0.2, 0.25) is 8.32 Å². The highest BCUT2D eigenvalue weighted by atomic mass is 32.1. The van der Waals surface area contributed by atoms with Crippen molar-refractivity contribution in [3.05, 3.63) is 62.7 Å². The van der Waals surface area contributed by atoms with Crippen LogP contribution in [0.2, 0.25) is 18.1 Å². The van der Waals surface area contributed by atoms with Crippen LogP contribution in [0.25, 0.3) is 0 Å². The summed E-state index contributed by atoms with van der Waals surface area (Å²) in [4.78, 5) is 36.1. The molecule has 10 nitrogen and oxygen atoms in total. The summed E-state index contributed by atoms with van der Waals surface area (Å²) in [7, 11) is 0.338. The minimum absolute atomic E-state index is 0.0664. The summed E-state index contributed by atoms with van der Waals surface area (Å²) in [5.41, 5.74) is 7.71. The average Bonchev–Trinajstić information content (AvgIpc) is 2.86. The van der Waals surface area contributed by atoms with E-state index in [0.29, 0.717) is 28.2 Å². The second kappa shape index (κ2) is 12.8. The van der Waals surface area contributed by atoms with Gasteiger partial charge in [0.25, 0.3) is 5.69 Å². The number of carbonyl (C=O) groups excluding carboxylic acids is 2. The van der Waals surface area contributed by atoms with E-state index in [0.717, 1.165) is 0 Å². The fraction of sp³-hybridized carbons (Fsp3) is 0.481. The predicted octanol–water partition coefficient (Wildman–Crippen LogP) is 5.51. The van der Waals surface area contributed by atoms with Gasteiger partial charge in [-0.15, -0.1) is 0 Å². The molecule has 2 N–H and O–H groups in total. The van der Waals surface area contributed by atoms with E-state index in [-0.39, 0.29) is 29.3 Å². The largest absolute Gasteiger partial charge is 0.543 e. The van der Waals surface area contributed by atoms with E-state index in [4.69, 9.17) is 37.0 Å². The summed E-state index contributed by atoms with van der Waals surface area (Å²) < 4.78 is 22.7. The van der Waals surface area contributed by atoms with Gasteiger partial charge in [-0.2, -0.15) is 12.6 Å². The van der Waals surface area contributed by atoms with Gasteiger partial charge in [-0.05, 0) is 49.2 Å². The van der Waals surface area contributed by atoms with Gasteiger partial charge in [-0.1, -0.05) is 20.8 Å². The Morgan fingerprint density at radius 3 is 2.21 bits per heavy atom. The van der Waals surface area contributed by atoms with Crippen molar-refractivity contribution in [3.63, 3.8) is 0 Å². The van der Waals surface area contributed by atoms with Crippen LogP contribution in [0, 0.1) is 17.0 Å². The van der Waals surface area contributed by atoms with Crippen LogP contribution in [0.3, 0.4) is 0 Å². The highest BCUT2D eigenvalue weighted by Gasteiger charge is 2.41. The lowest BCUT2D eigenvalue weighted by molar-refractivity contribution is -0.384. The summed E-state index contributed by atoms with van der Waals surface area (Å²) >= 11 is 4.76. The Hall–Kier alpha value is -3.09. The number of non-ortho nitro benzene ring substituents is 1. The molecule has 2 aromatic rings. The van der Waals surface area contributed by atoms with Crippen LogP contribution in [0.4, 0.5) is 5.69 Å². The Labute approximate surface area is 235 Å². The van der Waals surface area contributed by atoms with Crippen molar-refractivity contribution in [3.8, 4) is 11.5 Å². The van der Waals surface area contributed by atoms with E-state index >= 15 is 0 Å². The maximum absolute atomic E-state index is 13.6. The van der Waals surface area contributed by atoms with Crippen LogP contribution in [-0.4, -0.2) is 45.4 Å². The van der Waals surface area contributed by atoms with Crippen LogP contribution < -0.4 is 14.9 Å². The average molecular weight is 579 g/mol. The van der Waals surface area contributed by atoms with E-state index in [1.807, 2.05) is 0 Å². The van der Waals surface area contributed by atoms with Gasteiger partial charge < -0.3 is 24.4 Å². The number of ether oxygens (including phenoxy) is 3. The number of methoxy groups -OCH3 is 2. The molecule has 214 valence electrons. The molecule has 2 unspecified atom stereocenters. The maximum Gasteiger partial charge on any atom is 0.339 e. The number of rotatable bonds is 11. The lowest BCUT2D eigenvalue weighted by atomic mass is 9.94. The van der Waals surface area contributed by atoms with E-state index in [9.17, 15) is 19.7 Å². The number of nitrogens with zero attached hydrogens (tertiary/aromatic N) is 1. The molecule has 0 aromatic heterocycles. The van der Waals surface area contributed by atoms with Crippen molar-refractivity contribution in [1.82, 2.24) is 0 Å². The Bertz CT molecular complexity index is 1210. The summed E-state index contributed by atoms with van der Waals surface area (Å²) in [5, 5.41) is 10.1. The first-order valence-electron chi connectivity index (χ1n) is 12.4. The molecule has 0 fully saturated rings. The van der Waals surface area contributed by atoms with E-state index < -0.39 is 36.5 Å². The molecule has 0 saturated carbocycles. The molecule has 12 heteroatoms. The van der Waals surface area contributed by atoms with Gasteiger partial charge in [0, 0.05) is 34.6 Å². The Morgan fingerprint density at radius 1 is 1.13 bits per heavy atom. The second-order valence-electron chi connectivity index (χ2n) is 10.7. The number of carbonyl (C=O) groups is 2. The first-order valence-corrected chi connectivity index (χ1v) is 15.8. The minimum atomic E-state index is -2.41. The van der Waals surface area contributed by atoms with Crippen molar-refractivity contribution in [2.75, 3.05) is 14.2 Å². The monoisotopic (exact) mass is 578 g/mol. The Balaban J connectivity index is 2.61. The highest BCUT2D eigenvalue weighted by Crippen LogP contribution is 2.45. The third-order valence-electron chi connectivity index (χ3n) is 6.97. The molecule has 0 bridgehead atoms.